The molecule has 7 aromatic carbocycles. The van der Waals surface area contributed by atoms with E-state index < -0.39 is 5.41 Å². The second kappa shape index (κ2) is 19.7. The van der Waals surface area contributed by atoms with Crippen LogP contribution in [0.5, 0.6) is 11.5 Å². The van der Waals surface area contributed by atoms with Gasteiger partial charge in [0.05, 0.1) is 11.4 Å². The van der Waals surface area contributed by atoms with Crippen LogP contribution in [0.15, 0.2) is 176 Å². The number of rotatable bonds is 12. The molecule has 3 aromatic heterocycles. The van der Waals surface area contributed by atoms with Crippen LogP contribution >= 0.6 is 0 Å². The molecule has 3 heterocycles. The number of hydrogen-bond donors (Lipinski definition) is 0. The molecule has 0 spiro atoms. The summed E-state index contributed by atoms with van der Waals surface area (Å²) in [4.78, 5) is 4.93. The molecule has 5 nitrogen and oxygen atoms in total. The first-order valence-corrected chi connectivity index (χ1v) is 25.1. The predicted octanol–water partition coefficient (Wildman–Crippen LogP) is 16.3. The van der Waals surface area contributed by atoms with Gasteiger partial charge in [0.2, 0.25) is 0 Å². The second-order valence-electron chi connectivity index (χ2n) is 21.8. The van der Waals surface area contributed by atoms with Gasteiger partial charge in [0.1, 0.15) is 5.82 Å². The molecule has 0 saturated heterocycles. The molecule has 0 amide bonds. The first kappa shape index (κ1) is 50.1. The molecule has 0 bridgehead atoms. The van der Waals surface area contributed by atoms with Crippen LogP contribution in [0.25, 0.3) is 50.3 Å². The normalized spacial score (nSPS) is 12.2. The van der Waals surface area contributed by atoms with Crippen molar-refractivity contribution in [1.82, 2.24) is 14.1 Å². The number of fused-ring (bicyclic) bond motifs is 3. The van der Waals surface area contributed by atoms with Gasteiger partial charge in [0.15, 0.2) is 0 Å². The molecule has 0 unspecified atom stereocenters. The van der Waals surface area contributed by atoms with Crippen molar-refractivity contribution in [3.8, 4) is 39.9 Å². The monoisotopic (exact) mass is 1120 g/mol. The molecular formula is C66H64N4OPt-2. The van der Waals surface area contributed by atoms with Crippen LogP contribution in [-0.4, -0.2) is 14.1 Å². The van der Waals surface area contributed by atoms with Crippen LogP contribution in [0.1, 0.15) is 127 Å². The van der Waals surface area contributed by atoms with E-state index in [2.05, 4.69) is 272 Å². The molecule has 10 aromatic rings. The minimum absolute atomic E-state index is 0. The van der Waals surface area contributed by atoms with E-state index in [-0.39, 0.29) is 43.7 Å². The molecule has 0 atom stereocenters. The number of hydrogen-bond acceptors (Lipinski definition) is 2. The fraction of sp³-hybridized carbons (Fsp3) is 0.242. The zero-order chi connectivity index (χ0) is 49.8. The molecule has 0 saturated carbocycles. The van der Waals surface area contributed by atoms with Gasteiger partial charge >= 0.3 is 0 Å². The minimum atomic E-state index is -0.410. The Morgan fingerprint density at radius 2 is 1.15 bits per heavy atom. The molecule has 0 aliphatic rings. The Labute approximate surface area is 441 Å². The summed E-state index contributed by atoms with van der Waals surface area (Å²) in [5.74, 6) is 2.56. The third-order valence-corrected chi connectivity index (χ3v) is 14.6. The van der Waals surface area contributed by atoms with E-state index in [1.807, 2.05) is 12.3 Å². The molecule has 366 valence electrons. The van der Waals surface area contributed by atoms with Crippen molar-refractivity contribution in [2.45, 2.75) is 104 Å². The minimum Gasteiger partial charge on any atom is -0.510 e. The summed E-state index contributed by atoms with van der Waals surface area (Å²) in [6.45, 7) is 25.0. The van der Waals surface area contributed by atoms with E-state index in [0.29, 0.717) is 11.5 Å². The Morgan fingerprint density at radius 3 is 1.81 bits per heavy atom. The molecule has 6 heteroatoms. The zero-order valence-corrected chi connectivity index (χ0v) is 45.7. The van der Waals surface area contributed by atoms with Gasteiger partial charge in [-0.2, -0.15) is 12.1 Å². The maximum atomic E-state index is 7.06. The average Bonchev–Trinajstić information content (AvgIpc) is 3.96. The molecule has 0 radical (unpaired) electrons. The van der Waals surface area contributed by atoms with E-state index in [1.165, 1.54) is 38.9 Å². The third-order valence-electron chi connectivity index (χ3n) is 14.6. The van der Waals surface area contributed by atoms with E-state index in [9.17, 15) is 0 Å². The van der Waals surface area contributed by atoms with E-state index in [0.717, 1.165) is 50.3 Å². The first-order valence-electron chi connectivity index (χ1n) is 25.1. The van der Waals surface area contributed by atoms with Crippen molar-refractivity contribution < 1.29 is 30.4 Å². The van der Waals surface area contributed by atoms with Gasteiger partial charge in [0.25, 0.3) is 6.33 Å². The average molecular weight is 1120 g/mol. The summed E-state index contributed by atoms with van der Waals surface area (Å²) in [5.41, 5.74) is 13.9. The number of imidazole rings is 1. The number of ether oxygens (including phenoxy) is 1. The number of nitrogens with zero attached hydrogens (tertiary/aromatic N) is 4. The Balaban J connectivity index is 0.00000640. The van der Waals surface area contributed by atoms with Gasteiger partial charge in [-0.3, -0.25) is 4.57 Å². The SMILES string of the molecule is CC(C)c1cccc(C(C)C)c1-c1c[n+](-c2cccc(C(C)(C)c3ccccc3)c2)[c-]n1-c1[c-]c(Oc2[c-]c3c(cc2)c2ccccc2n3-c2cc(C(C)(C)C)ccn2)cc(C(C)(C)c2ccccc2)c1.[Pt]. The van der Waals surface area contributed by atoms with Crippen molar-refractivity contribution in [3.05, 3.63) is 234 Å². The topological polar surface area (TPSA) is 35.9 Å². The Morgan fingerprint density at radius 1 is 0.542 bits per heavy atom. The Bertz CT molecular complexity index is 3530. The smallest absolute Gasteiger partial charge is 0.267 e. The van der Waals surface area contributed by atoms with Crippen LogP contribution in [-0.2, 0) is 37.3 Å². The first-order chi connectivity index (χ1) is 34.0. The van der Waals surface area contributed by atoms with Gasteiger partial charge in [0, 0.05) is 55.9 Å². The van der Waals surface area contributed by atoms with E-state index in [1.54, 1.807) is 0 Å². The summed E-state index contributed by atoms with van der Waals surface area (Å²) < 4.78 is 13.6. The summed E-state index contributed by atoms with van der Waals surface area (Å²) in [5, 5.41) is 2.21. The van der Waals surface area contributed by atoms with Gasteiger partial charge in [-0.1, -0.05) is 191 Å². The number of aromatic nitrogens is 4. The maximum absolute atomic E-state index is 7.06. The molecule has 0 N–H and O–H groups in total. The van der Waals surface area contributed by atoms with Crippen molar-refractivity contribution in [2.24, 2.45) is 0 Å². The van der Waals surface area contributed by atoms with Crippen LogP contribution in [0, 0.1) is 18.5 Å². The van der Waals surface area contributed by atoms with Crippen LogP contribution in [0.4, 0.5) is 0 Å². The van der Waals surface area contributed by atoms with E-state index in [4.69, 9.17) is 9.72 Å². The van der Waals surface area contributed by atoms with Crippen molar-refractivity contribution in [1.29, 1.82) is 0 Å². The van der Waals surface area contributed by atoms with Gasteiger partial charge in [-0.05, 0) is 103 Å². The Hall–Kier alpha value is -6.81. The quantitative estimate of drug-likeness (QED) is 0.0903. The molecule has 0 fully saturated rings. The number of benzene rings is 7. The summed E-state index contributed by atoms with van der Waals surface area (Å²) in [7, 11) is 0. The van der Waals surface area contributed by atoms with Crippen molar-refractivity contribution >= 4 is 21.8 Å². The molecule has 0 aliphatic carbocycles. The van der Waals surface area contributed by atoms with Gasteiger partial charge < -0.3 is 13.9 Å². The summed E-state index contributed by atoms with van der Waals surface area (Å²) in [6.07, 6.45) is 8.05. The summed E-state index contributed by atoms with van der Waals surface area (Å²) >= 11 is 0. The molecular weight excluding hydrogens is 1060 g/mol. The van der Waals surface area contributed by atoms with Gasteiger partial charge in [-0.15, -0.1) is 35.2 Å². The molecule has 72 heavy (non-hydrogen) atoms. The predicted molar refractivity (Wildman–Crippen MR) is 292 cm³/mol. The zero-order valence-electron chi connectivity index (χ0n) is 43.4. The third kappa shape index (κ3) is 9.41. The standard InChI is InChI=1S/C66H64N4O.Pt/c1-44(2)55-29-21-30-56(45(3)4)63(55)61-42-68(51-27-20-26-49(36-51)65(8,9)46-22-14-12-15-23-46)43-69(61)52-37-50(66(10,11)47-24-16-13-17-25-47)38-54(40-52)71-53-32-33-58-57-28-18-19-31-59(57)70(60(58)41-53)62-39-48(34-35-67-62)64(5,6)7;/h12-39,42,44-45H,1-11H3;/q-2;. The fourth-order valence-corrected chi connectivity index (χ4v) is 10.2. The molecule has 0 aliphatic heterocycles. The largest absolute Gasteiger partial charge is 0.510 e. The van der Waals surface area contributed by atoms with Crippen LogP contribution in [0.3, 0.4) is 0 Å². The second-order valence-corrected chi connectivity index (χ2v) is 21.8. The number of pyridine rings is 1. The van der Waals surface area contributed by atoms with Crippen molar-refractivity contribution in [3.63, 3.8) is 0 Å². The fourth-order valence-electron chi connectivity index (χ4n) is 10.2. The maximum Gasteiger partial charge on any atom is 0.267 e. The molecule has 10 rings (SSSR count). The van der Waals surface area contributed by atoms with Crippen molar-refractivity contribution in [2.75, 3.05) is 0 Å². The number of para-hydroxylation sites is 1. The Kier molecular flexibility index (Phi) is 13.7. The van der Waals surface area contributed by atoms with Gasteiger partial charge in [-0.25, -0.2) is 4.98 Å². The van der Waals surface area contributed by atoms with E-state index >= 15 is 0 Å². The summed E-state index contributed by atoms with van der Waals surface area (Å²) in [6, 6.07) is 66.1. The van der Waals surface area contributed by atoms with Crippen LogP contribution < -0.4 is 9.30 Å². The van der Waals surface area contributed by atoms with Crippen LogP contribution in [0.2, 0.25) is 0 Å².